The standard InChI is InChI=1S/C16H28N2O4/c1-8(2)13(17-16(21)22-5)15(20)18-11-6-10(7-12(11)19)14(18)9(3)4/h8-14,19H,6-7H2,1-5H3,(H,17,21)/t10-,11+,12-,13-,14+/m0/s1. The van der Waals surface area contributed by atoms with Crippen LogP contribution in [0.5, 0.6) is 0 Å². The highest BCUT2D eigenvalue weighted by Crippen LogP contribution is 2.45. The van der Waals surface area contributed by atoms with E-state index in [1.54, 1.807) is 0 Å². The number of carbonyl (C=O) groups excluding carboxylic acids is 2. The molecular weight excluding hydrogens is 284 g/mol. The lowest BCUT2D eigenvalue weighted by Crippen LogP contribution is -2.59. The lowest BCUT2D eigenvalue weighted by molar-refractivity contribution is -0.143. The molecule has 5 atom stereocenters. The van der Waals surface area contributed by atoms with Crippen molar-refractivity contribution in [1.29, 1.82) is 0 Å². The minimum Gasteiger partial charge on any atom is -0.453 e. The number of hydrogen-bond donors (Lipinski definition) is 2. The van der Waals surface area contributed by atoms with Gasteiger partial charge in [-0.2, -0.15) is 0 Å². The average Bonchev–Trinajstić information content (AvgIpc) is 2.99. The maximum Gasteiger partial charge on any atom is 0.407 e. The number of nitrogens with zero attached hydrogens (tertiary/aromatic N) is 1. The summed E-state index contributed by atoms with van der Waals surface area (Å²) < 4.78 is 4.63. The SMILES string of the molecule is COC(=O)N[C@H](C(=O)N1[C@@H]2C[C@@H](C[C@@H]2O)[C@H]1C(C)C)C(C)C. The average molecular weight is 312 g/mol. The smallest absolute Gasteiger partial charge is 0.407 e. The third kappa shape index (κ3) is 2.93. The number of alkyl carbamates (subject to hydrolysis) is 1. The van der Waals surface area contributed by atoms with Gasteiger partial charge in [-0.1, -0.05) is 27.7 Å². The quantitative estimate of drug-likeness (QED) is 0.822. The second-order valence-electron chi connectivity index (χ2n) is 7.20. The summed E-state index contributed by atoms with van der Waals surface area (Å²) >= 11 is 0. The molecule has 2 N–H and O–H groups in total. The van der Waals surface area contributed by atoms with Crippen molar-refractivity contribution in [1.82, 2.24) is 10.2 Å². The lowest BCUT2D eigenvalue weighted by atomic mass is 9.88. The number of nitrogens with one attached hydrogen (secondary N) is 1. The Morgan fingerprint density at radius 2 is 1.86 bits per heavy atom. The Bertz CT molecular complexity index is 438. The monoisotopic (exact) mass is 312 g/mol. The van der Waals surface area contributed by atoms with E-state index in [-0.39, 0.29) is 23.9 Å². The Morgan fingerprint density at radius 3 is 2.36 bits per heavy atom. The van der Waals surface area contributed by atoms with Gasteiger partial charge in [0.25, 0.3) is 0 Å². The second-order valence-corrected chi connectivity index (χ2v) is 7.20. The molecule has 6 heteroatoms. The van der Waals surface area contributed by atoms with Crippen LogP contribution >= 0.6 is 0 Å². The Morgan fingerprint density at radius 1 is 1.23 bits per heavy atom. The first kappa shape index (κ1) is 17.1. The van der Waals surface area contributed by atoms with Gasteiger partial charge in [-0.15, -0.1) is 0 Å². The van der Waals surface area contributed by atoms with E-state index in [0.717, 1.165) is 12.8 Å². The van der Waals surface area contributed by atoms with E-state index in [1.165, 1.54) is 7.11 Å². The maximum absolute atomic E-state index is 13.0. The van der Waals surface area contributed by atoms with Crippen molar-refractivity contribution in [3.05, 3.63) is 0 Å². The van der Waals surface area contributed by atoms with Crippen LogP contribution in [0.25, 0.3) is 0 Å². The van der Waals surface area contributed by atoms with Crippen molar-refractivity contribution in [2.75, 3.05) is 7.11 Å². The summed E-state index contributed by atoms with van der Waals surface area (Å²) in [7, 11) is 1.29. The zero-order valence-corrected chi connectivity index (χ0v) is 14.1. The summed E-state index contributed by atoms with van der Waals surface area (Å²) in [6.45, 7) is 8.01. The molecule has 6 nitrogen and oxygen atoms in total. The first-order valence-corrected chi connectivity index (χ1v) is 8.12. The van der Waals surface area contributed by atoms with Crippen molar-refractivity contribution in [3.63, 3.8) is 0 Å². The number of aliphatic hydroxyl groups excluding tert-OH is 1. The molecule has 2 amide bonds. The number of ether oxygens (including phenoxy) is 1. The molecule has 1 saturated heterocycles. The molecule has 2 rings (SSSR count). The Labute approximate surface area is 132 Å². The zero-order valence-electron chi connectivity index (χ0n) is 14.1. The van der Waals surface area contributed by atoms with Crippen LogP contribution in [0.2, 0.25) is 0 Å². The fraction of sp³-hybridized carbons (Fsp3) is 0.875. The zero-order chi connectivity index (χ0) is 16.6. The molecule has 2 fully saturated rings. The van der Waals surface area contributed by atoms with Gasteiger partial charge < -0.3 is 20.1 Å². The van der Waals surface area contributed by atoms with Crippen LogP contribution in [0.4, 0.5) is 4.79 Å². The molecule has 1 saturated carbocycles. The van der Waals surface area contributed by atoms with Crippen LogP contribution in [-0.4, -0.2) is 53.3 Å². The second kappa shape index (κ2) is 6.44. The van der Waals surface area contributed by atoms with Crippen molar-refractivity contribution >= 4 is 12.0 Å². The fourth-order valence-corrected chi connectivity index (χ4v) is 4.09. The molecule has 0 radical (unpaired) electrons. The van der Waals surface area contributed by atoms with Gasteiger partial charge >= 0.3 is 6.09 Å². The molecule has 2 bridgehead atoms. The van der Waals surface area contributed by atoms with Gasteiger partial charge in [0.1, 0.15) is 6.04 Å². The first-order valence-electron chi connectivity index (χ1n) is 8.12. The predicted octanol–water partition coefficient (Wildman–Crippen LogP) is 1.37. The van der Waals surface area contributed by atoms with Gasteiger partial charge in [-0.05, 0) is 30.6 Å². The predicted molar refractivity (Wildman–Crippen MR) is 82.2 cm³/mol. The number of likely N-dealkylation sites (tertiary alicyclic amines) is 1. The molecule has 0 unspecified atom stereocenters. The van der Waals surface area contributed by atoms with Crippen molar-refractivity contribution in [3.8, 4) is 0 Å². The highest BCUT2D eigenvalue weighted by Gasteiger charge is 2.54. The van der Waals surface area contributed by atoms with Gasteiger partial charge in [0.05, 0.1) is 19.3 Å². The van der Waals surface area contributed by atoms with Crippen LogP contribution in [-0.2, 0) is 9.53 Å². The Balaban J connectivity index is 2.22. The molecule has 0 aromatic rings. The van der Waals surface area contributed by atoms with E-state index in [9.17, 15) is 14.7 Å². The molecule has 22 heavy (non-hydrogen) atoms. The molecule has 0 spiro atoms. The highest BCUT2D eigenvalue weighted by molar-refractivity contribution is 5.87. The number of amides is 2. The van der Waals surface area contributed by atoms with E-state index < -0.39 is 18.2 Å². The Kier molecular flexibility index (Phi) is 5.00. The minimum atomic E-state index is -0.625. The molecule has 1 aliphatic carbocycles. The van der Waals surface area contributed by atoms with E-state index in [2.05, 4.69) is 23.9 Å². The largest absolute Gasteiger partial charge is 0.453 e. The summed E-state index contributed by atoms with van der Waals surface area (Å²) in [5.41, 5.74) is 0. The van der Waals surface area contributed by atoms with Crippen LogP contribution in [0.1, 0.15) is 40.5 Å². The number of fused-ring (bicyclic) bond motifs is 2. The van der Waals surface area contributed by atoms with E-state index >= 15 is 0 Å². The van der Waals surface area contributed by atoms with Crippen molar-refractivity contribution < 1.29 is 19.4 Å². The highest BCUT2D eigenvalue weighted by atomic mass is 16.5. The maximum atomic E-state index is 13.0. The fourth-order valence-electron chi connectivity index (χ4n) is 4.09. The lowest BCUT2D eigenvalue weighted by Gasteiger charge is -2.42. The molecule has 126 valence electrons. The van der Waals surface area contributed by atoms with Gasteiger partial charge in [-0.3, -0.25) is 4.79 Å². The number of carbonyl (C=O) groups is 2. The Hall–Kier alpha value is -1.30. The first-order chi connectivity index (χ1) is 10.3. The van der Waals surface area contributed by atoms with Gasteiger partial charge in [0.2, 0.25) is 5.91 Å². The summed E-state index contributed by atoms with van der Waals surface area (Å²) in [6, 6.07) is -0.604. The van der Waals surface area contributed by atoms with Crippen LogP contribution in [0.3, 0.4) is 0 Å². The van der Waals surface area contributed by atoms with Crippen molar-refractivity contribution in [2.45, 2.75) is 64.8 Å². The minimum absolute atomic E-state index is 0.0457. The summed E-state index contributed by atoms with van der Waals surface area (Å²) in [5.74, 6) is 0.535. The van der Waals surface area contributed by atoms with E-state index in [0.29, 0.717) is 11.8 Å². The molecule has 1 heterocycles. The van der Waals surface area contributed by atoms with Crippen molar-refractivity contribution in [2.24, 2.45) is 17.8 Å². The molecule has 0 aromatic heterocycles. The number of piperidine rings is 1. The normalized spacial score (nSPS) is 31.7. The number of aliphatic hydroxyl groups is 1. The van der Waals surface area contributed by atoms with E-state index in [4.69, 9.17) is 0 Å². The van der Waals surface area contributed by atoms with Gasteiger partial charge in [-0.25, -0.2) is 4.79 Å². The number of methoxy groups -OCH3 is 1. The van der Waals surface area contributed by atoms with Gasteiger partial charge in [0.15, 0.2) is 0 Å². The molecule has 2 aliphatic rings. The molecule has 1 aliphatic heterocycles. The van der Waals surface area contributed by atoms with Crippen LogP contribution < -0.4 is 5.32 Å². The summed E-state index contributed by atoms with van der Waals surface area (Å²) in [5, 5.41) is 12.8. The van der Waals surface area contributed by atoms with Crippen LogP contribution in [0, 0.1) is 17.8 Å². The van der Waals surface area contributed by atoms with Gasteiger partial charge in [0, 0.05) is 6.04 Å². The number of hydrogen-bond acceptors (Lipinski definition) is 4. The third-order valence-corrected chi connectivity index (χ3v) is 5.02. The molecular formula is C16H28N2O4. The number of rotatable bonds is 4. The molecule has 0 aromatic carbocycles. The van der Waals surface area contributed by atoms with Crippen LogP contribution in [0.15, 0.2) is 0 Å². The topological polar surface area (TPSA) is 78.9 Å². The summed E-state index contributed by atoms with van der Waals surface area (Å²) in [4.78, 5) is 26.4. The third-order valence-electron chi connectivity index (χ3n) is 5.02. The van der Waals surface area contributed by atoms with E-state index in [1.807, 2.05) is 18.7 Å². The summed E-state index contributed by atoms with van der Waals surface area (Å²) in [6.07, 6.45) is 0.584.